The maximum atomic E-state index is 5.13. The van der Waals surface area contributed by atoms with Crippen LogP contribution in [0.15, 0.2) is 0 Å². The standard InChI is InChI=1S/C14H31NO/c1-6-13(9-11-16-5)8-7-10-15-12-14(2,3)4/h13,15H,6-12H2,1-5H3/t13-/m1/s1. The Morgan fingerprint density at radius 3 is 2.38 bits per heavy atom. The molecule has 0 spiro atoms. The quantitative estimate of drug-likeness (QED) is 0.611. The summed E-state index contributed by atoms with van der Waals surface area (Å²) in [7, 11) is 1.79. The van der Waals surface area contributed by atoms with E-state index >= 15 is 0 Å². The highest BCUT2D eigenvalue weighted by molar-refractivity contribution is 4.65. The second-order valence-electron chi connectivity index (χ2n) is 5.94. The fourth-order valence-corrected chi connectivity index (χ4v) is 1.82. The third kappa shape index (κ3) is 10.4. The SMILES string of the molecule is CC[C@H](CCCNCC(C)(C)C)CCOC. The summed E-state index contributed by atoms with van der Waals surface area (Å²) in [4.78, 5) is 0. The Morgan fingerprint density at radius 2 is 1.88 bits per heavy atom. The van der Waals surface area contributed by atoms with E-state index in [-0.39, 0.29) is 0 Å². The van der Waals surface area contributed by atoms with Gasteiger partial charge in [0, 0.05) is 13.7 Å². The van der Waals surface area contributed by atoms with Crippen molar-refractivity contribution < 1.29 is 4.74 Å². The van der Waals surface area contributed by atoms with Gasteiger partial charge in [-0.3, -0.25) is 0 Å². The van der Waals surface area contributed by atoms with Crippen molar-refractivity contribution in [2.24, 2.45) is 11.3 Å². The minimum atomic E-state index is 0.403. The summed E-state index contributed by atoms with van der Waals surface area (Å²) >= 11 is 0. The molecule has 0 radical (unpaired) electrons. The molecule has 0 fully saturated rings. The molecule has 0 aliphatic rings. The molecule has 2 nitrogen and oxygen atoms in total. The topological polar surface area (TPSA) is 21.3 Å². The Hall–Kier alpha value is -0.0800. The predicted molar refractivity (Wildman–Crippen MR) is 71.8 cm³/mol. The van der Waals surface area contributed by atoms with Gasteiger partial charge < -0.3 is 10.1 Å². The van der Waals surface area contributed by atoms with Crippen LogP contribution in [0.5, 0.6) is 0 Å². The second-order valence-corrected chi connectivity index (χ2v) is 5.94. The van der Waals surface area contributed by atoms with Crippen molar-refractivity contribution in [1.82, 2.24) is 5.32 Å². The van der Waals surface area contributed by atoms with Gasteiger partial charge in [0.25, 0.3) is 0 Å². The van der Waals surface area contributed by atoms with Crippen LogP contribution < -0.4 is 5.32 Å². The molecule has 16 heavy (non-hydrogen) atoms. The van der Waals surface area contributed by atoms with Crippen molar-refractivity contribution in [3.8, 4) is 0 Å². The van der Waals surface area contributed by atoms with E-state index in [9.17, 15) is 0 Å². The van der Waals surface area contributed by atoms with E-state index in [4.69, 9.17) is 4.74 Å². The lowest BCUT2D eigenvalue weighted by Gasteiger charge is -2.19. The lowest BCUT2D eigenvalue weighted by molar-refractivity contribution is 0.173. The first-order chi connectivity index (χ1) is 7.49. The zero-order valence-corrected chi connectivity index (χ0v) is 11.9. The van der Waals surface area contributed by atoms with Crippen LogP contribution in [0.1, 0.15) is 53.4 Å². The van der Waals surface area contributed by atoms with Gasteiger partial charge in [0.05, 0.1) is 0 Å². The van der Waals surface area contributed by atoms with Crippen LogP contribution in [-0.2, 0) is 4.74 Å². The van der Waals surface area contributed by atoms with Gasteiger partial charge in [0.1, 0.15) is 0 Å². The van der Waals surface area contributed by atoms with Crippen LogP contribution in [0.2, 0.25) is 0 Å². The van der Waals surface area contributed by atoms with Gasteiger partial charge in [-0.05, 0) is 43.7 Å². The molecule has 0 aromatic rings. The molecule has 0 aliphatic carbocycles. The maximum Gasteiger partial charge on any atom is 0.0464 e. The van der Waals surface area contributed by atoms with Gasteiger partial charge in [-0.15, -0.1) is 0 Å². The molecule has 0 aromatic heterocycles. The Balaban J connectivity index is 3.41. The summed E-state index contributed by atoms with van der Waals surface area (Å²) in [6.45, 7) is 12.3. The minimum absolute atomic E-state index is 0.403. The first-order valence-electron chi connectivity index (χ1n) is 6.69. The Bertz CT molecular complexity index is 151. The summed E-state index contributed by atoms with van der Waals surface area (Å²) in [5.41, 5.74) is 0.403. The number of methoxy groups -OCH3 is 1. The predicted octanol–water partition coefficient (Wildman–Crippen LogP) is 3.47. The number of hydrogen-bond donors (Lipinski definition) is 1. The molecule has 0 saturated carbocycles. The van der Waals surface area contributed by atoms with Gasteiger partial charge >= 0.3 is 0 Å². The van der Waals surface area contributed by atoms with E-state index in [0.29, 0.717) is 5.41 Å². The van der Waals surface area contributed by atoms with E-state index in [1.165, 1.54) is 25.7 Å². The molecule has 0 heterocycles. The average Bonchev–Trinajstić information content (AvgIpc) is 2.20. The fraction of sp³-hybridized carbons (Fsp3) is 1.00. The van der Waals surface area contributed by atoms with Crippen LogP contribution in [0.4, 0.5) is 0 Å². The summed E-state index contributed by atoms with van der Waals surface area (Å²) in [6.07, 6.45) is 5.12. The molecular formula is C14H31NO. The summed E-state index contributed by atoms with van der Waals surface area (Å²) in [5, 5.41) is 3.53. The highest BCUT2D eigenvalue weighted by Gasteiger charge is 2.09. The molecule has 98 valence electrons. The van der Waals surface area contributed by atoms with Gasteiger partial charge in [0.2, 0.25) is 0 Å². The van der Waals surface area contributed by atoms with Crippen LogP contribution in [0, 0.1) is 11.3 Å². The highest BCUT2D eigenvalue weighted by atomic mass is 16.5. The molecule has 0 aromatic carbocycles. The van der Waals surface area contributed by atoms with E-state index in [1.807, 2.05) is 0 Å². The smallest absolute Gasteiger partial charge is 0.0464 e. The summed E-state index contributed by atoms with van der Waals surface area (Å²) < 4.78 is 5.13. The van der Waals surface area contributed by atoms with Crippen molar-refractivity contribution in [2.45, 2.75) is 53.4 Å². The lowest BCUT2D eigenvalue weighted by Crippen LogP contribution is -2.27. The fourth-order valence-electron chi connectivity index (χ4n) is 1.82. The van der Waals surface area contributed by atoms with E-state index in [2.05, 4.69) is 33.0 Å². The summed E-state index contributed by atoms with van der Waals surface area (Å²) in [6, 6.07) is 0. The molecule has 0 rings (SSSR count). The molecule has 0 aliphatic heterocycles. The normalized spacial score (nSPS) is 14.1. The number of hydrogen-bond acceptors (Lipinski definition) is 2. The van der Waals surface area contributed by atoms with Gasteiger partial charge in [0.15, 0.2) is 0 Å². The molecule has 0 saturated heterocycles. The number of nitrogens with one attached hydrogen (secondary N) is 1. The lowest BCUT2D eigenvalue weighted by atomic mass is 9.96. The van der Waals surface area contributed by atoms with Crippen LogP contribution in [0.25, 0.3) is 0 Å². The highest BCUT2D eigenvalue weighted by Crippen LogP contribution is 2.15. The van der Waals surface area contributed by atoms with Crippen molar-refractivity contribution >= 4 is 0 Å². The van der Waals surface area contributed by atoms with E-state index in [1.54, 1.807) is 7.11 Å². The zero-order chi connectivity index (χ0) is 12.4. The third-order valence-electron chi connectivity index (χ3n) is 2.93. The molecule has 1 N–H and O–H groups in total. The van der Waals surface area contributed by atoms with E-state index in [0.717, 1.165) is 25.6 Å². The van der Waals surface area contributed by atoms with E-state index < -0.39 is 0 Å². The minimum Gasteiger partial charge on any atom is -0.385 e. The van der Waals surface area contributed by atoms with Crippen molar-refractivity contribution in [2.75, 3.05) is 26.8 Å². The molecule has 0 bridgehead atoms. The maximum absolute atomic E-state index is 5.13. The van der Waals surface area contributed by atoms with Crippen molar-refractivity contribution in [1.29, 1.82) is 0 Å². The molecular weight excluding hydrogens is 198 g/mol. The monoisotopic (exact) mass is 229 g/mol. The summed E-state index contributed by atoms with van der Waals surface area (Å²) in [5.74, 6) is 0.844. The molecule has 0 unspecified atom stereocenters. The Labute approximate surface area is 102 Å². The average molecular weight is 229 g/mol. The number of rotatable bonds is 9. The van der Waals surface area contributed by atoms with Gasteiger partial charge in [-0.2, -0.15) is 0 Å². The Kier molecular flexibility index (Phi) is 8.96. The Morgan fingerprint density at radius 1 is 1.19 bits per heavy atom. The molecule has 2 heteroatoms. The van der Waals surface area contributed by atoms with Crippen LogP contribution in [0.3, 0.4) is 0 Å². The van der Waals surface area contributed by atoms with Crippen LogP contribution >= 0.6 is 0 Å². The first-order valence-corrected chi connectivity index (χ1v) is 6.69. The zero-order valence-electron chi connectivity index (χ0n) is 11.9. The number of ether oxygens (including phenoxy) is 1. The first kappa shape index (κ1) is 15.9. The molecule has 0 amide bonds. The van der Waals surface area contributed by atoms with Gasteiger partial charge in [-0.25, -0.2) is 0 Å². The van der Waals surface area contributed by atoms with Gasteiger partial charge in [-0.1, -0.05) is 34.1 Å². The van der Waals surface area contributed by atoms with Crippen molar-refractivity contribution in [3.63, 3.8) is 0 Å². The largest absolute Gasteiger partial charge is 0.385 e. The molecule has 1 atom stereocenters. The van der Waals surface area contributed by atoms with Crippen LogP contribution in [-0.4, -0.2) is 26.8 Å². The van der Waals surface area contributed by atoms with Crippen molar-refractivity contribution in [3.05, 3.63) is 0 Å². The third-order valence-corrected chi connectivity index (χ3v) is 2.93. The second kappa shape index (κ2) is 9.00.